The predicted molar refractivity (Wildman–Crippen MR) is 30.9 cm³/mol. The molecule has 0 fully saturated rings. The van der Waals surface area contributed by atoms with E-state index >= 15 is 0 Å². The molecule has 0 aliphatic rings. The highest BCUT2D eigenvalue weighted by atomic mass is 32.2. The standard InChI is InChI=1S/C4H9NO5S/c5-3(4(6)7)1-2-11(8,9)10/h3H,1-2,5H2,(H,6,7)(H,8,9,10)/p-1/t3-/m1/s1. The molecule has 0 aromatic heterocycles. The van der Waals surface area contributed by atoms with Crippen molar-refractivity contribution < 1.29 is 28.6 Å². The van der Waals surface area contributed by atoms with E-state index in [0.717, 1.165) is 0 Å². The molecule has 7 heteroatoms. The van der Waals surface area contributed by atoms with E-state index in [9.17, 15) is 22.9 Å². The van der Waals surface area contributed by atoms with Crippen molar-refractivity contribution in [3.05, 3.63) is 0 Å². The van der Waals surface area contributed by atoms with Gasteiger partial charge in [-0.3, -0.25) is 0 Å². The highest BCUT2D eigenvalue weighted by Gasteiger charge is 2.08. The van der Waals surface area contributed by atoms with E-state index in [2.05, 4.69) is 5.73 Å². The molecule has 0 bridgehead atoms. The van der Waals surface area contributed by atoms with Gasteiger partial charge in [0.15, 0.2) is 0 Å². The average Bonchev–Trinajstić information content (AvgIpc) is 1.80. The van der Waals surface area contributed by atoms with Crippen LogP contribution in [0, 0.1) is 0 Å². The van der Waals surface area contributed by atoms with Gasteiger partial charge in [-0.25, -0.2) is 8.42 Å². The van der Waals surface area contributed by atoms with Crippen LogP contribution in [-0.2, 0) is 14.9 Å². The van der Waals surface area contributed by atoms with Gasteiger partial charge in [0.25, 0.3) is 0 Å². The minimum atomic E-state index is -4.33. The Balaban J connectivity index is 3.82. The first-order chi connectivity index (χ1) is 4.83. The Labute approximate surface area is 63.8 Å². The molecule has 0 aliphatic carbocycles. The van der Waals surface area contributed by atoms with Gasteiger partial charge in [0, 0.05) is 12.2 Å². The lowest BCUT2D eigenvalue weighted by molar-refractivity contribution is -0.437. The normalized spacial score (nSPS) is 14.4. The molecule has 0 rings (SSSR count). The molecule has 1 atom stereocenters. The van der Waals surface area contributed by atoms with Crippen LogP contribution in [0.2, 0.25) is 0 Å². The molecule has 0 radical (unpaired) electrons. The average molecular weight is 182 g/mol. The first kappa shape index (κ1) is 10.3. The summed E-state index contributed by atoms with van der Waals surface area (Å²) in [6, 6.07) is -1.14. The highest BCUT2D eigenvalue weighted by molar-refractivity contribution is 7.85. The van der Waals surface area contributed by atoms with Crippen molar-refractivity contribution in [1.29, 1.82) is 0 Å². The van der Waals surface area contributed by atoms with Crippen LogP contribution in [0.3, 0.4) is 0 Å². The molecule has 3 N–H and O–H groups in total. The Kier molecular flexibility index (Phi) is 3.43. The van der Waals surface area contributed by atoms with Crippen molar-refractivity contribution in [2.75, 3.05) is 5.75 Å². The first-order valence-electron chi connectivity index (χ1n) is 2.80. The third kappa shape index (κ3) is 5.77. The first-order valence-corrected chi connectivity index (χ1v) is 4.38. The Morgan fingerprint density at radius 1 is 1.55 bits per heavy atom. The van der Waals surface area contributed by atoms with E-state index in [1.165, 1.54) is 0 Å². The van der Waals surface area contributed by atoms with Gasteiger partial charge in [-0.1, -0.05) is 0 Å². The van der Waals surface area contributed by atoms with Crippen molar-refractivity contribution in [3.8, 4) is 0 Å². The number of hydrogen-bond acceptors (Lipinski definition) is 5. The number of carboxylic acids is 1. The lowest BCUT2D eigenvalue weighted by atomic mass is 10.2. The van der Waals surface area contributed by atoms with E-state index in [0.29, 0.717) is 0 Å². The number of quaternary nitrogens is 1. The summed E-state index contributed by atoms with van der Waals surface area (Å²) in [5, 5.41) is 9.95. The summed E-state index contributed by atoms with van der Waals surface area (Å²) in [5.41, 5.74) is 3.08. The molecule has 0 unspecified atom stereocenters. The smallest absolute Gasteiger partial charge is 0.125 e. The third-order valence-electron chi connectivity index (χ3n) is 1.05. The Morgan fingerprint density at radius 2 is 2.00 bits per heavy atom. The summed E-state index contributed by atoms with van der Waals surface area (Å²) in [5.74, 6) is -2.16. The Hall–Kier alpha value is -0.660. The van der Waals surface area contributed by atoms with Crippen LogP contribution in [0.25, 0.3) is 0 Å². The quantitative estimate of drug-likeness (QED) is 0.447. The summed E-state index contributed by atoms with van der Waals surface area (Å²) >= 11 is 0. The minimum Gasteiger partial charge on any atom is -0.748 e. The third-order valence-corrected chi connectivity index (χ3v) is 1.79. The zero-order valence-electron chi connectivity index (χ0n) is 5.65. The molecule has 0 aliphatic heterocycles. The zero-order valence-corrected chi connectivity index (χ0v) is 6.46. The summed E-state index contributed by atoms with van der Waals surface area (Å²) in [7, 11) is -4.33. The molecule has 6 nitrogen and oxygen atoms in total. The van der Waals surface area contributed by atoms with Crippen LogP contribution in [0.4, 0.5) is 0 Å². The number of carboxylic acid groups (broad SMARTS) is 1. The van der Waals surface area contributed by atoms with Gasteiger partial charge < -0.3 is 20.2 Å². The zero-order chi connectivity index (χ0) is 9.07. The molecule has 0 aromatic carbocycles. The molecule has 0 saturated heterocycles. The molecule has 0 saturated carbocycles. The van der Waals surface area contributed by atoms with Gasteiger partial charge in [-0.2, -0.15) is 0 Å². The number of aliphatic carboxylic acids is 1. The Morgan fingerprint density at radius 3 is 2.27 bits per heavy atom. The maximum Gasteiger partial charge on any atom is 0.125 e. The maximum absolute atomic E-state index is 9.96. The van der Waals surface area contributed by atoms with Crippen molar-refractivity contribution in [1.82, 2.24) is 0 Å². The summed E-state index contributed by atoms with van der Waals surface area (Å²) in [6.07, 6.45) is -0.297. The molecule has 0 heterocycles. The fourth-order valence-electron chi connectivity index (χ4n) is 0.404. The molecule has 0 amide bonds. The number of carbonyl (C=O) groups is 1. The Bertz CT molecular complexity index is 233. The molecule has 66 valence electrons. The minimum absolute atomic E-state index is 0.297. The van der Waals surface area contributed by atoms with Crippen LogP contribution in [0.1, 0.15) is 6.42 Å². The SMILES string of the molecule is [NH3+][C@H](CCS(=O)(=O)[O-])C(=O)[O-]. The van der Waals surface area contributed by atoms with Crippen LogP contribution >= 0.6 is 0 Å². The van der Waals surface area contributed by atoms with Crippen molar-refractivity contribution in [3.63, 3.8) is 0 Å². The van der Waals surface area contributed by atoms with Crippen LogP contribution < -0.4 is 10.8 Å². The van der Waals surface area contributed by atoms with Crippen LogP contribution in [-0.4, -0.2) is 30.7 Å². The fraction of sp³-hybridized carbons (Fsp3) is 0.750. The lowest BCUT2D eigenvalue weighted by Gasteiger charge is -2.10. The van der Waals surface area contributed by atoms with Gasteiger partial charge >= 0.3 is 0 Å². The van der Waals surface area contributed by atoms with Crippen molar-refractivity contribution in [2.45, 2.75) is 12.5 Å². The maximum atomic E-state index is 9.96. The second-order valence-electron chi connectivity index (χ2n) is 2.07. The van der Waals surface area contributed by atoms with Crippen LogP contribution in [0.15, 0.2) is 0 Å². The van der Waals surface area contributed by atoms with E-state index in [4.69, 9.17) is 0 Å². The molecular formula is C4H8NO5S-. The van der Waals surface area contributed by atoms with Gasteiger partial charge in [0.05, 0.1) is 16.1 Å². The summed E-state index contributed by atoms with van der Waals surface area (Å²) in [6.45, 7) is 0. The van der Waals surface area contributed by atoms with Gasteiger partial charge in [0.2, 0.25) is 0 Å². The van der Waals surface area contributed by atoms with Crippen molar-refractivity contribution in [2.24, 2.45) is 0 Å². The molecule has 11 heavy (non-hydrogen) atoms. The topological polar surface area (TPSA) is 125 Å². The molecular weight excluding hydrogens is 174 g/mol. The van der Waals surface area contributed by atoms with Crippen molar-refractivity contribution >= 4 is 16.1 Å². The summed E-state index contributed by atoms with van der Waals surface area (Å²) in [4.78, 5) is 9.95. The number of carbonyl (C=O) groups excluding carboxylic acids is 1. The number of hydrogen-bond donors (Lipinski definition) is 1. The van der Waals surface area contributed by atoms with Gasteiger partial charge in [0.1, 0.15) is 6.04 Å². The largest absolute Gasteiger partial charge is 0.748 e. The second kappa shape index (κ2) is 3.65. The van der Waals surface area contributed by atoms with E-state index in [1.807, 2.05) is 0 Å². The molecule has 0 spiro atoms. The highest BCUT2D eigenvalue weighted by Crippen LogP contribution is 1.89. The van der Waals surface area contributed by atoms with E-state index < -0.39 is 27.9 Å². The molecule has 0 aromatic rings. The van der Waals surface area contributed by atoms with Crippen LogP contribution in [0.5, 0.6) is 0 Å². The van der Waals surface area contributed by atoms with Gasteiger partial charge in [-0.15, -0.1) is 0 Å². The monoisotopic (exact) mass is 182 g/mol. The summed E-state index contributed by atoms with van der Waals surface area (Å²) < 4.78 is 29.9. The van der Waals surface area contributed by atoms with E-state index in [-0.39, 0.29) is 6.42 Å². The van der Waals surface area contributed by atoms with E-state index in [1.54, 1.807) is 0 Å². The van der Waals surface area contributed by atoms with Gasteiger partial charge in [-0.05, 0) is 0 Å². The fourth-order valence-corrected chi connectivity index (χ4v) is 0.978. The lowest BCUT2D eigenvalue weighted by Crippen LogP contribution is -2.68. The number of rotatable bonds is 4. The predicted octanol–water partition coefficient (Wildman–Crippen LogP) is -3.72. The second-order valence-corrected chi connectivity index (χ2v) is 3.59.